The van der Waals surface area contributed by atoms with Crippen molar-refractivity contribution in [3.05, 3.63) is 100 Å². The molecule has 35 heavy (non-hydrogen) atoms. The predicted octanol–water partition coefficient (Wildman–Crippen LogP) is 5.53. The zero-order valence-corrected chi connectivity index (χ0v) is 19.7. The lowest BCUT2D eigenvalue weighted by Crippen LogP contribution is -2.47. The summed E-state index contributed by atoms with van der Waals surface area (Å²) >= 11 is 5.94. The SMILES string of the molecule is COCCN1C(=O)c2ccccc2[C@H](C(=O)Nc2ccc(F)c(Cl)c2)[C@@H]1c1c[nH]c2ccccc12. The van der Waals surface area contributed by atoms with E-state index in [9.17, 15) is 14.0 Å². The van der Waals surface area contributed by atoms with E-state index in [-0.39, 0.29) is 16.8 Å². The van der Waals surface area contributed by atoms with Crippen molar-refractivity contribution in [1.82, 2.24) is 9.88 Å². The highest BCUT2D eigenvalue weighted by Gasteiger charge is 2.44. The molecule has 1 aliphatic heterocycles. The number of nitrogens with zero attached hydrogens (tertiary/aromatic N) is 1. The van der Waals surface area contributed by atoms with Gasteiger partial charge in [0.25, 0.3) is 5.91 Å². The number of H-pyrrole nitrogens is 1. The summed E-state index contributed by atoms with van der Waals surface area (Å²) in [5, 5.41) is 3.72. The van der Waals surface area contributed by atoms with Crippen LogP contribution < -0.4 is 5.32 Å². The number of hydrogen-bond acceptors (Lipinski definition) is 3. The Morgan fingerprint density at radius 1 is 1.11 bits per heavy atom. The Morgan fingerprint density at radius 2 is 1.89 bits per heavy atom. The van der Waals surface area contributed by atoms with Crippen LogP contribution in [0.15, 0.2) is 72.9 Å². The molecule has 0 aliphatic carbocycles. The number of methoxy groups -OCH3 is 1. The van der Waals surface area contributed by atoms with Gasteiger partial charge in [-0.1, -0.05) is 48.0 Å². The van der Waals surface area contributed by atoms with Crippen molar-refractivity contribution in [2.24, 2.45) is 0 Å². The second kappa shape index (κ2) is 9.52. The van der Waals surface area contributed by atoms with Gasteiger partial charge in [-0.25, -0.2) is 4.39 Å². The van der Waals surface area contributed by atoms with Crippen LogP contribution in [0.2, 0.25) is 5.02 Å². The molecule has 0 bridgehead atoms. The number of fused-ring (bicyclic) bond motifs is 2. The molecule has 6 nitrogen and oxygen atoms in total. The van der Waals surface area contributed by atoms with Crippen LogP contribution in [0.25, 0.3) is 10.9 Å². The Labute approximate surface area is 206 Å². The number of rotatable bonds is 6. The molecule has 0 fully saturated rings. The lowest BCUT2D eigenvalue weighted by Gasteiger charge is -2.41. The molecule has 178 valence electrons. The lowest BCUT2D eigenvalue weighted by molar-refractivity contribution is -0.119. The van der Waals surface area contributed by atoms with Crippen molar-refractivity contribution in [3.63, 3.8) is 0 Å². The van der Waals surface area contributed by atoms with Crippen LogP contribution >= 0.6 is 11.6 Å². The van der Waals surface area contributed by atoms with Gasteiger partial charge in [0.1, 0.15) is 5.82 Å². The van der Waals surface area contributed by atoms with E-state index in [1.807, 2.05) is 42.6 Å². The average Bonchev–Trinajstić information content (AvgIpc) is 3.29. The van der Waals surface area contributed by atoms with E-state index in [1.165, 1.54) is 18.2 Å². The first-order chi connectivity index (χ1) is 17.0. The number of amides is 2. The van der Waals surface area contributed by atoms with Crippen LogP contribution in [0.1, 0.15) is 33.4 Å². The van der Waals surface area contributed by atoms with E-state index in [0.717, 1.165) is 16.5 Å². The Balaban J connectivity index is 1.66. The second-order valence-corrected chi connectivity index (χ2v) is 8.82. The third-order valence-corrected chi connectivity index (χ3v) is 6.67. The molecule has 8 heteroatoms. The molecule has 0 unspecified atom stereocenters. The van der Waals surface area contributed by atoms with E-state index < -0.39 is 17.8 Å². The number of benzene rings is 3. The summed E-state index contributed by atoms with van der Waals surface area (Å²) in [4.78, 5) is 32.5. The van der Waals surface area contributed by atoms with Gasteiger partial charge in [0.05, 0.1) is 23.6 Å². The van der Waals surface area contributed by atoms with Crippen molar-refractivity contribution in [2.75, 3.05) is 25.6 Å². The van der Waals surface area contributed by atoms with Gasteiger partial charge in [0.2, 0.25) is 5.91 Å². The second-order valence-electron chi connectivity index (χ2n) is 8.41. The highest BCUT2D eigenvalue weighted by atomic mass is 35.5. The predicted molar refractivity (Wildman–Crippen MR) is 133 cm³/mol. The zero-order valence-electron chi connectivity index (χ0n) is 18.9. The summed E-state index contributed by atoms with van der Waals surface area (Å²) in [5.41, 5.74) is 3.21. The number of nitrogens with one attached hydrogen (secondary N) is 2. The van der Waals surface area contributed by atoms with E-state index in [4.69, 9.17) is 16.3 Å². The molecule has 2 amide bonds. The molecule has 3 aromatic carbocycles. The van der Waals surface area contributed by atoms with Crippen LogP contribution in [0.3, 0.4) is 0 Å². The summed E-state index contributed by atoms with van der Waals surface area (Å²) in [6, 6.07) is 18.4. The summed E-state index contributed by atoms with van der Waals surface area (Å²) in [6.45, 7) is 0.620. The van der Waals surface area contributed by atoms with Gasteiger partial charge in [0.15, 0.2) is 0 Å². The minimum absolute atomic E-state index is 0.0862. The molecule has 0 saturated heterocycles. The molecule has 1 aromatic heterocycles. The number of anilines is 1. The number of aromatic amines is 1. The average molecular weight is 492 g/mol. The number of carbonyl (C=O) groups excluding carboxylic acids is 2. The molecule has 4 aromatic rings. The fourth-order valence-electron chi connectivity index (χ4n) is 4.79. The lowest BCUT2D eigenvalue weighted by atomic mass is 9.79. The third kappa shape index (κ3) is 4.17. The molecule has 1 aliphatic rings. The number of carbonyl (C=O) groups is 2. The molecular weight excluding hydrogens is 469 g/mol. The van der Waals surface area contributed by atoms with E-state index in [1.54, 1.807) is 24.1 Å². The van der Waals surface area contributed by atoms with Gasteiger partial charge in [-0.15, -0.1) is 0 Å². The molecule has 0 spiro atoms. The maximum Gasteiger partial charge on any atom is 0.254 e. The first-order valence-electron chi connectivity index (χ1n) is 11.2. The van der Waals surface area contributed by atoms with Crippen molar-refractivity contribution < 1.29 is 18.7 Å². The van der Waals surface area contributed by atoms with Gasteiger partial charge in [-0.3, -0.25) is 9.59 Å². The van der Waals surface area contributed by atoms with Crippen LogP contribution in [-0.2, 0) is 9.53 Å². The van der Waals surface area contributed by atoms with Crippen molar-refractivity contribution >= 4 is 40.0 Å². The van der Waals surface area contributed by atoms with Crippen LogP contribution in [0, 0.1) is 5.82 Å². The van der Waals surface area contributed by atoms with Crippen molar-refractivity contribution in [2.45, 2.75) is 12.0 Å². The highest BCUT2D eigenvalue weighted by Crippen LogP contribution is 2.45. The maximum atomic E-state index is 13.9. The van der Waals surface area contributed by atoms with Gasteiger partial charge in [-0.2, -0.15) is 0 Å². The normalized spacial score (nSPS) is 17.5. The number of para-hydroxylation sites is 1. The molecule has 0 saturated carbocycles. The molecule has 0 radical (unpaired) electrons. The fraction of sp³-hybridized carbons (Fsp3) is 0.185. The Morgan fingerprint density at radius 3 is 2.69 bits per heavy atom. The Kier molecular flexibility index (Phi) is 6.28. The number of halogens is 2. The minimum atomic E-state index is -0.733. The monoisotopic (exact) mass is 491 g/mol. The van der Waals surface area contributed by atoms with E-state index >= 15 is 0 Å². The van der Waals surface area contributed by atoms with Crippen LogP contribution in [0.4, 0.5) is 10.1 Å². The Bertz CT molecular complexity index is 1420. The largest absolute Gasteiger partial charge is 0.383 e. The fourth-order valence-corrected chi connectivity index (χ4v) is 4.97. The number of aromatic nitrogens is 1. The summed E-state index contributed by atoms with van der Waals surface area (Å²) in [6.07, 6.45) is 1.85. The zero-order chi connectivity index (χ0) is 24.5. The quantitative estimate of drug-likeness (QED) is 0.372. The number of ether oxygens (including phenoxy) is 1. The molecular formula is C27H23ClFN3O3. The van der Waals surface area contributed by atoms with E-state index in [0.29, 0.717) is 30.0 Å². The van der Waals surface area contributed by atoms with Gasteiger partial charge in [0, 0.05) is 47.6 Å². The smallest absolute Gasteiger partial charge is 0.254 e. The summed E-state index contributed by atoms with van der Waals surface area (Å²) < 4.78 is 19.0. The third-order valence-electron chi connectivity index (χ3n) is 6.38. The Hall–Kier alpha value is -3.68. The van der Waals surface area contributed by atoms with Crippen LogP contribution in [0.5, 0.6) is 0 Å². The van der Waals surface area contributed by atoms with E-state index in [2.05, 4.69) is 10.3 Å². The standard InChI is InChI=1S/C27H23ClFN3O3/c1-35-13-12-32-25(20-15-30-23-9-5-4-6-17(20)23)24(18-7-2-3-8-19(18)27(32)34)26(33)31-16-10-11-22(29)21(28)14-16/h2-11,14-15,24-25,30H,12-13H2,1H3,(H,31,33)/t24-,25-/m0/s1. The van der Waals surface area contributed by atoms with Crippen molar-refractivity contribution in [1.29, 1.82) is 0 Å². The molecule has 2 atom stereocenters. The topological polar surface area (TPSA) is 74.4 Å². The molecule has 5 rings (SSSR count). The van der Waals surface area contributed by atoms with Crippen LogP contribution in [-0.4, -0.2) is 42.0 Å². The summed E-state index contributed by atoms with van der Waals surface area (Å²) in [5.74, 6) is -1.79. The molecule has 2 N–H and O–H groups in total. The first-order valence-corrected chi connectivity index (χ1v) is 11.6. The molecule has 2 heterocycles. The van der Waals surface area contributed by atoms with Gasteiger partial charge < -0.3 is 19.9 Å². The summed E-state index contributed by atoms with van der Waals surface area (Å²) in [7, 11) is 1.57. The highest BCUT2D eigenvalue weighted by molar-refractivity contribution is 6.31. The van der Waals surface area contributed by atoms with Gasteiger partial charge >= 0.3 is 0 Å². The van der Waals surface area contributed by atoms with Crippen molar-refractivity contribution in [3.8, 4) is 0 Å². The first kappa shape index (κ1) is 23.1. The maximum absolute atomic E-state index is 13.9. The minimum Gasteiger partial charge on any atom is -0.383 e. The number of hydrogen-bond donors (Lipinski definition) is 2. The van der Waals surface area contributed by atoms with Gasteiger partial charge in [-0.05, 0) is 35.9 Å².